The highest BCUT2D eigenvalue weighted by atomic mass is 19.1. The summed E-state index contributed by atoms with van der Waals surface area (Å²) in [5.41, 5.74) is 0.851. The standard InChI is InChI=1S/C14H20FN/c1-10(11-7-8-11)16-14(2,3)12-5-4-6-13(15)9-12/h4-6,9-11,16H,7-8H2,1-3H3. The van der Waals surface area contributed by atoms with Gasteiger partial charge in [-0.2, -0.15) is 0 Å². The summed E-state index contributed by atoms with van der Waals surface area (Å²) in [5.74, 6) is 0.652. The predicted octanol–water partition coefficient (Wildman–Crippen LogP) is 3.45. The van der Waals surface area contributed by atoms with Crippen molar-refractivity contribution in [2.75, 3.05) is 0 Å². The van der Waals surface area contributed by atoms with E-state index in [0.717, 1.165) is 11.5 Å². The molecule has 0 heterocycles. The van der Waals surface area contributed by atoms with Gasteiger partial charge in [0.25, 0.3) is 0 Å². The molecule has 0 bridgehead atoms. The number of nitrogens with one attached hydrogen (secondary N) is 1. The van der Waals surface area contributed by atoms with Crippen LogP contribution in [0.3, 0.4) is 0 Å². The lowest BCUT2D eigenvalue weighted by atomic mass is 9.92. The normalized spacial score (nSPS) is 18.5. The van der Waals surface area contributed by atoms with Crippen molar-refractivity contribution in [1.29, 1.82) is 0 Å². The molecule has 1 aromatic rings. The van der Waals surface area contributed by atoms with Crippen LogP contribution in [0, 0.1) is 11.7 Å². The molecule has 0 radical (unpaired) electrons. The molecular weight excluding hydrogens is 201 g/mol. The minimum absolute atomic E-state index is 0.161. The Hall–Kier alpha value is -0.890. The first-order valence-corrected chi connectivity index (χ1v) is 6.03. The van der Waals surface area contributed by atoms with Gasteiger partial charge in [-0.15, -0.1) is 0 Å². The molecule has 0 amide bonds. The van der Waals surface area contributed by atoms with Gasteiger partial charge in [0.05, 0.1) is 0 Å². The molecule has 2 rings (SSSR count). The Bertz CT molecular complexity index is 369. The highest BCUT2D eigenvalue weighted by molar-refractivity contribution is 5.24. The van der Waals surface area contributed by atoms with Crippen molar-refractivity contribution in [2.24, 2.45) is 5.92 Å². The minimum atomic E-state index is -0.163. The van der Waals surface area contributed by atoms with Gasteiger partial charge < -0.3 is 5.32 Å². The average Bonchev–Trinajstić information content (AvgIpc) is 3.00. The Morgan fingerprint density at radius 2 is 2.06 bits per heavy atom. The molecule has 1 saturated carbocycles. The van der Waals surface area contributed by atoms with Crippen LogP contribution in [0.2, 0.25) is 0 Å². The van der Waals surface area contributed by atoms with Gasteiger partial charge in [0, 0.05) is 11.6 Å². The van der Waals surface area contributed by atoms with Crippen LogP contribution < -0.4 is 5.32 Å². The lowest BCUT2D eigenvalue weighted by molar-refractivity contribution is 0.331. The second-order valence-corrected chi connectivity index (χ2v) is 5.41. The van der Waals surface area contributed by atoms with Crippen LogP contribution in [0.1, 0.15) is 39.2 Å². The third-order valence-corrected chi connectivity index (χ3v) is 3.46. The molecule has 0 aliphatic heterocycles. The van der Waals surface area contributed by atoms with Gasteiger partial charge in [-0.1, -0.05) is 12.1 Å². The quantitative estimate of drug-likeness (QED) is 0.821. The molecule has 0 aromatic heterocycles. The topological polar surface area (TPSA) is 12.0 Å². The van der Waals surface area contributed by atoms with Crippen LogP contribution >= 0.6 is 0 Å². The highest BCUT2D eigenvalue weighted by Gasteiger charge is 2.32. The summed E-state index contributed by atoms with van der Waals surface area (Å²) in [4.78, 5) is 0. The first kappa shape index (κ1) is 11.6. The number of benzene rings is 1. The van der Waals surface area contributed by atoms with Crippen LogP contribution in [0.15, 0.2) is 24.3 Å². The van der Waals surface area contributed by atoms with E-state index in [1.54, 1.807) is 12.1 Å². The van der Waals surface area contributed by atoms with Crippen LogP contribution in [0.5, 0.6) is 0 Å². The summed E-state index contributed by atoms with van der Waals surface area (Å²) >= 11 is 0. The smallest absolute Gasteiger partial charge is 0.123 e. The second kappa shape index (κ2) is 4.17. The van der Waals surface area contributed by atoms with Crippen molar-refractivity contribution in [2.45, 2.75) is 45.2 Å². The van der Waals surface area contributed by atoms with E-state index >= 15 is 0 Å². The Morgan fingerprint density at radius 3 is 2.62 bits per heavy atom. The van der Waals surface area contributed by atoms with Crippen LogP contribution in [-0.2, 0) is 5.54 Å². The van der Waals surface area contributed by atoms with Crippen molar-refractivity contribution in [1.82, 2.24) is 5.32 Å². The molecule has 0 saturated heterocycles. The SMILES string of the molecule is CC(NC(C)(C)c1cccc(F)c1)C1CC1. The summed E-state index contributed by atoms with van der Waals surface area (Å²) in [6, 6.07) is 7.38. The summed E-state index contributed by atoms with van der Waals surface area (Å²) in [6.07, 6.45) is 2.65. The van der Waals surface area contributed by atoms with Gasteiger partial charge in [0.15, 0.2) is 0 Å². The zero-order valence-corrected chi connectivity index (χ0v) is 10.3. The number of hydrogen-bond acceptors (Lipinski definition) is 1. The molecule has 1 aromatic carbocycles. The lowest BCUT2D eigenvalue weighted by Crippen LogP contribution is -2.43. The maximum absolute atomic E-state index is 13.2. The molecule has 1 atom stereocenters. The fourth-order valence-electron chi connectivity index (χ4n) is 2.24. The van der Waals surface area contributed by atoms with Gasteiger partial charge in [-0.3, -0.25) is 0 Å². The van der Waals surface area contributed by atoms with Gasteiger partial charge in [-0.05, 0) is 57.2 Å². The zero-order chi connectivity index (χ0) is 11.8. The Kier molecular flexibility index (Phi) is 3.02. The average molecular weight is 221 g/mol. The first-order chi connectivity index (χ1) is 7.49. The largest absolute Gasteiger partial charge is 0.305 e. The maximum Gasteiger partial charge on any atom is 0.123 e. The van der Waals surface area contributed by atoms with Crippen LogP contribution in [-0.4, -0.2) is 6.04 Å². The Labute approximate surface area is 97.1 Å². The lowest BCUT2D eigenvalue weighted by Gasteiger charge is -2.31. The predicted molar refractivity (Wildman–Crippen MR) is 64.7 cm³/mol. The summed E-state index contributed by atoms with van der Waals surface area (Å²) in [5, 5.41) is 3.60. The van der Waals surface area contributed by atoms with Gasteiger partial charge in [0.1, 0.15) is 5.82 Å². The minimum Gasteiger partial charge on any atom is -0.305 e. The monoisotopic (exact) mass is 221 g/mol. The molecule has 1 unspecified atom stereocenters. The van der Waals surface area contributed by atoms with E-state index in [1.807, 2.05) is 6.07 Å². The van der Waals surface area contributed by atoms with E-state index < -0.39 is 0 Å². The number of hydrogen-bond donors (Lipinski definition) is 1. The van der Waals surface area contributed by atoms with Crippen LogP contribution in [0.4, 0.5) is 4.39 Å². The summed E-state index contributed by atoms with van der Waals surface area (Å²) < 4.78 is 13.2. The van der Waals surface area contributed by atoms with E-state index in [4.69, 9.17) is 0 Å². The van der Waals surface area contributed by atoms with Crippen molar-refractivity contribution in [3.8, 4) is 0 Å². The van der Waals surface area contributed by atoms with E-state index in [2.05, 4.69) is 26.1 Å². The van der Waals surface area contributed by atoms with Crippen molar-refractivity contribution >= 4 is 0 Å². The van der Waals surface area contributed by atoms with Gasteiger partial charge >= 0.3 is 0 Å². The van der Waals surface area contributed by atoms with E-state index in [1.165, 1.54) is 18.9 Å². The first-order valence-electron chi connectivity index (χ1n) is 6.03. The van der Waals surface area contributed by atoms with Crippen LogP contribution in [0.25, 0.3) is 0 Å². The van der Waals surface area contributed by atoms with Crippen molar-refractivity contribution < 1.29 is 4.39 Å². The molecule has 1 aliphatic rings. The van der Waals surface area contributed by atoms with Crippen molar-refractivity contribution in [3.05, 3.63) is 35.6 Å². The molecule has 1 aliphatic carbocycles. The van der Waals surface area contributed by atoms with Gasteiger partial charge in [-0.25, -0.2) is 4.39 Å². The Morgan fingerprint density at radius 1 is 1.38 bits per heavy atom. The maximum atomic E-state index is 13.2. The molecule has 16 heavy (non-hydrogen) atoms. The molecule has 1 nitrogen and oxygen atoms in total. The molecule has 1 N–H and O–H groups in total. The van der Waals surface area contributed by atoms with E-state index in [9.17, 15) is 4.39 Å². The molecule has 0 spiro atoms. The summed E-state index contributed by atoms with van der Waals surface area (Å²) in [6.45, 7) is 6.44. The second-order valence-electron chi connectivity index (χ2n) is 5.41. The highest BCUT2D eigenvalue weighted by Crippen LogP contribution is 2.34. The van der Waals surface area contributed by atoms with E-state index in [0.29, 0.717) is 6.04 Å². The third-order valence-electron chi connectivity index (χ3n) is 3.46. The number of halogens is 1. The number of rotatable bonds is 4. The summed E-state index contributed by atoms with van der Waals surface area (Å²) in [7, 11) is 0. The van der Waals surface area contributed by atoms with Gasteiger partial charge in [0.2, 0.25) is 0 Å². The molecule has 88 valence electrons. The molecule has 1 fully saturated rings. The fourth-order valence-corrected chi connectivity index (χ4v) is 2.24. The zero-order valence-electron chi connectivity index (χ0n) is 10.3. The van der Waals surface area contributed by atoms with Crippen molar-refractivity contribution in [3.63, 3.8) is 0 Å². The Balaban J connectivity index is 2.10. The molecular formula is C14H20FN. The fraction of sp³-hybridized carbons (Fsp3) is 0.571. The molecule has 2 heteroatoms. The third kappa shape index (κ3) is 2.62. The van der Waals surface area contributed by atoms with E-state index in [-0.39, 0.29) is 11.4 Å².